The summed E-state index contributed by atoms with van der Waals surface area (Å²) in [4.78, 5) is 25.7. The molecule has 2 aliphatic heterocycles. The zero-order valence-electron chi connectivity index (χ0n) is 17.1. The lowest BCUT2D eigenvalue weighted by Gasteiger charge is -2.22. The summed E-state index contributed by atoms with van der Waals surface area (Å²) in [7, 11) is 0. The molecule has 0 saturated carbocycles. The number of ether oxygens (including phenoxy) is 1. The fraction of sp³-hybridized carbons (Fsp3) is 0.318. The minimum absolute atomic E-state index is 0.0579. The molecule has 2 aliphatic rings. The van der Waals surface area contributed by atoms with Crippen LogP contribution >= 0.6 is 23.4 Å². The summed E-state index contributed by atoms with van der Waals surface area (Å²) in [6.07, 6.45) is 6.24. The molecular formula is C22H22ClN3O5S. The average Bonchev–Trinajstić information content (AvgIpc) is 3.34. The van der Waals surface area contributed by atoms with Gasteiger partial charge in [0.05, 0.1) is 35.2 Å². The number of anilines is 1. The van der Waals surface area contributed by atoms with E-state index >= 15 is 0 Å². The van der Waals surface area contributed by atoms with Gasteiger partial charge in [-0.25, -0.2) is 0 Å². The van der Waals surface area contributed by atoms with Crippen molar-refractivity contribution >= 4 is 41.0 Å². The molecule has 0 aromatic heterocycles. The molecule has 0 aliphatic carbocycles. The zero-order valence-corrected chi connectivity index (χ0v) is 18.7. The fourth-order valence-electron chi connectivity index (χ4n) is 3.30. The van der Waals surface area contributed by atoms with Crippen LogP contribution in [-0.2, 0) is 9.59 Å². The van der Waals surface area contributed by atoms with Crippen LogP contribution in [0.5, 0.6) is 5.75 Å². The van der Waals surface area contributed by atoms with Crippen molar-refractivity contribution in [3.63, 3.8) is 0 Å². The highest BCUT2D eigenvalue weighted by atomic mass is 35.5. The molecule has 32 heavy (non-hydrogen) atoms. The van der Waals surface area contributed by atoms with Crippen molar-refractivity contribution in [1.29, 1.82) is 5.26 Å². The molecule has 1 unspecified atom stereocenters. The number of benzene rings is 1. The van der Waals surface area contributed by atoms with Gasteiger partial charge in [-0.15, -0.1) is 11.8 Å². The molecule has 1 saturated heterocycles. The molecule has 0 radical (unpaired) electrons. The summed E-state index contributed by atoms with van der Waals surface area (Å²) >= 11 is 7.71. The first-order chi connectivity index (χ1) is 15.4. The standard InChI is InChI=1S/C22H22ClN3O5S/c23-16-3-4-18-17(13-16)26(10-8-22(29)30)19(31-18)5-1-15(14-24)2-6-20-25(11-12-32-20)9-7-21(27)28/h1-6,13,19H,7-12H2,(H,27,28)(H,29,30). The third kappa shape index (κ3) is 6.22. The van der Waals surface area contributed by atoms with E-state index in [-0.39, 0.29) is 19.4 Å². The molecule has 0 amide bonds. The van der Waals surface area contributed by atoms with Crippen molar-refractivity contribution in [2.45, 2.75) is 19.1 Å². The van der Waals surface area contributed by atoms with E-state index in [9.17, 15) is 14.9 Å². The van der Waals surface area contributed by atoms with Crippen molar-refractivity contribution in [2.24, 2.45) is 0 Å². The highest BCUT2D eigenvalue weighted by molar-refractivity contribution is 8.03. The van der Waals surface area contributed by atoms with E-state index in [4.69, 9.17) is 26.6 Å². The maximum atomic E-state index is 11.1. The number of halogens is 1. The Morgan fingerprint density at radius 1 is 1.28 bits per heavy atom. The summed E-state index contributed by atoms with van der Waals surface area (Å²) in [6.45, 7) is 1.42. The Hall–Kier alpha value is -3.09. The quantitative estimate of drug-likeness (QED) is 0.407. The van der Waals surface area contributed by atoms with Crippen LogP contribution in [0.25, 0.3) is 0 Å². The average molecular weight is 476 g/mol. The maximum Gasteiger partial charge on any atom is 0.305 e. The summed E-state index contributed by atoms with van der Waals surface area (Å²) in [6, 6.07) is 7.28. The van der Waals surface area contributed by atoms with Gasteiger partial charge in [0.1, 0.15) is 5.75 Å². The lowest BCUT2D eigenvalue weighted by molar-refractivity contribution is -0.138. The van der Waals surface area contributed by atoms with Gasteiger partial charge in [0, 0.05) is 30.4 Å². The van der Waals surface area contributed by atoms with E-state index < -0.39 is 18.2 Å². The molecule has 8 nitrogen and oxygen atoms in total. The van der Waals surface area contributed by atoms with Crippen LogP contribution in [0.4, 0.5) is 5.69 Å². The fourth-order valence-corrected chi connectivity index (χ4v) is 4.51. The molecule has 168 valence electrons. The number of nitriles is 1. The first kappa shape index (κ1) is 23.6. The van der Waals surface area contributed by atoms with Crippen molar-refractivity contribution in [3.8, 4) is 11.8 Å². The number of carbonyl (C=O) groups is 2. The Balaban J connectivity index is 1.74. The number of rotatable bonds is 9. The van der Waals surface area contributed by atoms with Gasteiger partial charge in [0.2, 0.25) is 0 Å². The second-order valence-electron chi connectivity index (χ2n) is 7.03. The van der Waals surface area contributed by atoms with E-state index in [2.05, 4.69) is 6.07 Å². The number of thioether (sulfide) groups is 1. The van der Waals surface area contributed by atoms with Crippen molar-refractivity contribution < 1.29 is 24.5 Å². The Morgan fingerprint density at radius 2 is 2.03 bits per heavy atom. The summed E-state index contributed by atoms with van der Waals surface area (Å²) in [5.41, 5.74) is 1.09. The van der Waals surface area contributed by atoms with Crippen molar-refractivity contribution in [1.82, 2.24) is 4.90 Å². The Morgan fingerprint density at radius 3 is 2.75 bits per heavy atom. The smallest absolute Gasteiger partial charge is 0.305 e. The minimum Gasteiger partial charge on any atom is -0.481 e. The van der Waals surface area contributed by atoms with Crippen LogP contribution in [0.2, 0.25) is 5.02 Å². The summed E-state index contributed by atoms with van der Waals surface area (Å²) < 4.78 is 5.92. The van der Waals surface area contributed by atoms with Crippen LogP contribution in [-0.4, -0.2) is 58.7 Å². The van der Waals surface area contributed by atoms with Crippen LogP contribution in [0, 0.1) is 11.3 Å². The molecule has 0 spiro atoms. The number of allylic oxidation sites excluding steroid dienone is 4. The molecule has 1 atom stereocenters. The molecule has 2 N–H and O–H groups in total. The Bertz CT molecular complexity index is 1020. The van der Waals surface area contributed by atoms with Crippen LogP contribution in [0.3, 0.4) is 0 Å². The van der Waals surface area contributed by atoms with Crippen molar-refractivity contribution in [3.05, 3.63) is 58.1 Å². The first-order valence-corrected chi connectivity index (χ1v) is 11.3. The van der Waals surface area contributed by atoms with Gasteiger partial charge in [-0.05, 0) is 42.5 Å². The van der Waals surface area contributed by atoms with Gasteiger partial charge < -0.3 is 24.7 Å². The first-order valence-electron chi connectivity index (χ1n) is 9.92. The monoisotopic (exact) mass is 475 g/mol. The maximum absolute atomic E-state index is 11.1. The third-order valence-electron chi connectivity index (χ3n) is 4.85. The van der Waals surface area contributed by atoms with Gasteiger partial charge in [-0.2, -0.15) is 5.26 Å². The summed E-state index contributed by atoms with van der Waals surface area (Å²) in [5, 5.41) is 28.9. The molecule has 10 heteroatoms. The lowest BCUT2D eigenvalue weighted by Crippen LogP contribution is -2.34. The largest absolute Gasteiger partial charge is 0.481 e. The number of fused-ring (bicyclic) bond motifs is 1. The molecule has 0 bridgehead atoms. The Kier molecular flexibility index (Phi) is 8.09. The number of hydrogen-bond donors (Lipinski definition) is 2. The Labute approximate surface area is 195 Å². The minimum atomic E-state index is -0.922. The summed E-state index contributed by atoms with van der Waals surface area (Å²) in [5.74, 6) is -0.306. The molecular weight excluding hydrogens is 454 g/mol. The van der Waals surface area contributed by atoms with Gasteiger partial charge in [-0.1, -0.05) is 11.6 Å². The van der Waals surface area contributed by atoms with Gasteiger partial charge in [0.25, 0.3) is 0 Å². The van der Waals surface area contributed by atoms with Gasteiger partial charge in [-0.3, -0.25) is 9.59 Å². The highest BCUT2D eigenvalue weighted by Gasteiger charge is 2.29. The molecule has 3 rings (SSSR count). The van der Waals surface area contributed by atoms with E-state index in [1.54, 1.807) is 53.1 Å². The van der Waals surface area contributed by atoms with Crippen LogP contribution in [0.1, 0.15) is 12.8 Å². The van der Waals surface area contributed by atoms with Gasteiger partial charge in [0.15, 0.2) is 6.23 Å². The third-order valence-corrected chi connectivity index (χ3v) is 6.16. The van der Waals surface area contributed by atoms with E-state index in [0.29, 0.717) is 28.6 Å². The molecule has 1 aromatic carbocycles. The topological polar surface area (TPSA) is 114 Å². The number of hydrogen-bond acceptors (Lipinski definition) is 7. The van der Waals surface area contributed by atoms with Crippen LogP contribution in [0.15, 0.2) is 53.1 Å². The number of nitrogens with zero attached hydrogens (tertiary/aromatic N) is 3. The molecule has 1 fully saturated rings. The molecule has 2 heterocycles. The second kappa shape index (κ2) is 11.0. The van der Waals surface area contributed by atoms with E-state index in [1.165, 1.54) is 0 Å². The molecule has 1 aromatic rings. The number of aliphatic carboxylic acids is 2. The lowest BCUT2D eigenvalue weighted by atomic mass is 10.2. The van der Waals surface area contributed by atoms with Gasteiger partial charge >= 0.3 is 11.9 Å². The second-order valence-corrected chi connectivity index (χ2v) is 8.59. The van der Waals surface area contributed by atoms with Crippen LogP contribution < -0.4 is 9.64 Å². The zero-order chi connectivity index (χ0) is 23.1. The van der Waals surface area contributed by atoms with E-state index in [0.717, 1.165) is 17.3 Å². The predicted octanol–water partition coefficient (Wildman–Crippen LogP) is 3.71. The van der Waals surface area contributed by atoms with E-state index in [1.807, 2.05) is 11.0 Å². The normalized spacial score (nSPS) is 19.3. The SMILES string of the molecule is N#CC(C=CC1Oc2ccc(Cl)cc2N1CCC(=O)O)=CC=C1SCCN1CCC(=O)O. The number of carboxylic acids is 2. The predicted molar refractivity (Wildman–Crippen MR) is 123 cm³/mol. The number of carboxylic acid groups (broad SMARTS) is 2. The van der Waals surface area contributed by atoms with Crippen molar-refractivity contribution in [2.75, 3.05) is 30.3 Å². The highest BCUT2D eigenvalue weighted by Crippen LogP contribution is 2.39.